The molecule has 2 rings (SSSR count). The number of thioether (sulfide) groups is 1. The van der Waals surface area contributed by atoms with Crippen molar-refractivity contribution in [3.63, 3.8) is 0 Å². The number of benzene rings is 1. The standard InChI is InChI=1S/C14H18FNO3S/c15-12-3-1-2-4-13(12)20-8-6-16-5-7-19-11(10-16)9-14(17)18/h1-4,11H,5-10H2,(H,17,18). The van der Waals surface area contributed by atoms with E-state index in [0.717, 1.165) is 18.8 Å². The molecule has 0 aromatic heterocycles. The van der Waals surface area contributed by atoms with E-state index in [-0.39, 0.29) is 18.3 Å². The Kier molecular flexibility index (Phi) is 5.82. The molecule has 0 saturated carbocycles. The van der Waals surface area contributed by atoms with E-state index in [1.54, 1.807) is 12.1 Å². The maximum absolute atomic E-state index is 13.4. The first-order valence-electron chi connectivity index (χ1n) is 6.58. The van der Waals surface area contributed by atoms with Crippen molar-refractivity contribution < 1.29 is 19.0 Å². The van der Waals surface area contributed by atoms with Gasteiger partial charge in [0.15, 0.2) is 0 Å². The predicted octanol–water partition coefficient (Wildman–Crippen LogP) is 2.09. The minimum atomic E-state index is -0.836. The third-order valence-electron chi connectivity index (χ3n) is 3.13. The van der Waals surface area contributed by atoms with Crippen LogP contribution in [0.5, 0.6) is 0 Å². The molecule has 6 heteroatoms. The molecular weight excluding hydrogens is 281 g/mol. The van der Waals surface area contributed by atoms with E-state index in [1.165, 1.54) is 17.8 Å². The summed E-state index contributed by atoms with van der Waals surface area (Å²) in [5.41, 5.74) is 0. The Morgan fingerprint density at radius 2 is 2.30 bits per heavy atom. The van der Waals surface area contributed by atoms with Crippen LogP contribution in [0, 0.1) is 5.82 Å². The largest absolute Gasteiger partial charge is 0.481 e. The maximum atomic E-state index is 13.4. The molecule has 1 N–H and O–H groups in total. The van der Waals surface area contributed by atoms with E-state index in [1.807, 2.05) is 6.07 Å². The molecule has 1 atom stereocenters. The van der Waals surface area contributed by atoms with Crippen molar-refractivity contribution >= 4 is 17.7 Å². The number of nitrogens with zero attached hydrogens (tertiary/aromatic N) is 1. The molecule has 0 bridgehead atoms. The van der Waals surface area contributed by atoms with E-state index >= 15 is 0 Å². The lowest BCUT2D eigenvalue weighted by molar-refractivity contribution is -0.142. The lowest BCUT2D eigenvalue weighted by Gasteiger charge is -2.32. The lowest BCUT2D eigenvalue weighted by Crippen LogP contribution is -2.44. The number of halogens is 1. The van der Waals surface area contributed by atoms with Gasteiger partial charge in [0.25, 0.3) is 0 Å². The number of ether oxygens (including phenoxy) is 1. The van der Waals surface area contributed by atoms with Crippen LogP contribution in [0.4, 0.5) is 4.39 Å². The Bertz CT molecular complexity index is 458. The molecule has 1 unspecified atom stereocenters. The predicted molar refractivity (Wildman–Crippen MR) is 75.6 cm³/mol. The SMILES string of the molecule is O=C(O)CC1CN(CCSc2ccccc2F)CCO1. The van der Waals surface area contributed by atoms with Gasteiger partial charge in [-0.3, -0.25) is 9.69 Å². The molecule has 1 aromatic rings. The Morgan fingerprint density at radius 1 is 1.50 bits per heavy atom. The number of carboxylic acids is 1. The Labute approximate surface area is 121 Å². The fourth-order valence-electron chi connectivity index (χ4n) is 2.15. The second kappa shape index (κ2) is 7.61. The highest BCUT2D eigenvalue weighted by Gasteiger charge is 2.22. The summed E-state index contributed by atoms with van der Waals surface area (Å²) in [4.78, 5) is 13.5. The monoisotopic (exact) mass is 299 g/mol. The molecule has 1 aromatic carbocycles. The number of carboxylic acid groups (broad SMARTS) is 1. The molecule has 4 nitrogen and oxygen atoms in total. The summed E-state index contributed by atoms with van der Waals surface area (Å²) in [5.74, 6) is -0.249. The molecule has 1 aliphatic rings. The first-order chi connectivity index (χ1) is 9.65. The zero-order valence-electron chi connectivity index (χ0n) is 11.1. The van der Waals surface area contributed by atoms with E-state index in [0.29, 0.717) is 18.0 Å². The van der Waals surface area contributed by atoms with Crippen LogP contribution >= 0.6 is 11.8 Å². The first-order valence-corrected chi connectivity index (χ1v) is 7.57. The van der Waals surface area contributed by atoms with Gasteiger partial charge in [-0.25, -0.2) is 4.39 Å². The Morgan fingerprint density at radius 3 is 3.05 bits per heavy atom. The minimum Gasteiger partial charge on any atom is -0.481 e. The third-order valence-corrected chi connectivity index (χ3v) is 4.16. The summed E-state index contributed by atoms with van der Waals surface area (Å²) in [5, 5.41) is 8.76. The third kappa shape index (κ3) is 4.77. The second-order valence-electron chi connectivity index (χ2n) is 4.67. The van der Waals surface area contributed by atoms with E-state index in [4.69, 9.17) is 9.84 Å². The van der Waals surface area contributed by atoms with Crippen molar-refractivity contribution in [3.8, 4) is 0 Å². The van der Waals surface area contributed by atoms with Gasteiger partial charge < -0.3 is 9.84 Å². The van der Waals surface area contributed by atoms with Gasteiger partial charge in [-0.2, -0.15) is 0 Å². The molecule has 1 fully saturated rings. The number of hydrogen-bond acceptors (Lipinski definition) is 4. The molecule has 0 amide bonds. The number of rotatable bonds is 6. The summed E-state index contributed by atoms with van der Waals surface area (Å²) < 4.78 is 18.9. The van der Waals surface area contributed by atoms with Crippen LogP contribution in [0.15, 0.2) is 29.2 Å². The summed E-state index contributed by atoms with van der Waals surface area (Å²) >= 11 is 1.48. The molecular formula is C14H18FNO3S. The topological polar surface area (TPSA) is 49.8 Å². The van der Waals surface area contributed by atoms with Gasteiger partial charge in [-0.05, 0) is 12.1 Å². The van der Waals surface area contributed by atoms with Crippen LogP contribution in [0.25, 0.3) is 0 Å². The fourth-order valence-corrected chi connectivity index (χ4v) is 3.10. The van der Waals surface area contributed by atoms with Crippen molar-refractivity contribution in [2.24, 2.45) is 0 Å². The quantitative estimate of drug-likeness (QED) is 0.815. The van der Waals surface area contributed by atoms with E-state index < -0.39 is 5.97 Å². The average Bonchev–Trinajstić information content (AvgIpc) is 2.41. The Hall–Kier alpha value is -1.11. The number of morpholine rings is 1. The van der Waals surface area contributed by atoms with Crippen molar-refractivity contribution in [2.75, 3.05) is 32.0 Å². The van der Waals surface area contributed by atoms with E-state index in [9.17, 15) is 9.18 Å². The van der Waals surface area contributed by atoms with Crippen molar-refractivity contribution in [2.45, 2.75) is 17.4 Å². The van der Waals surface area contributed by atoms with Crippen LogP contribution < -0.4 is 0 Å². The normalized spacial score (nSPS) is 19.9. The molecule has 1 heterocycles. The van der Waals surface area contributed by atoms with Gasteiger partial charge in [-0.15, -0.1) is 11.8 Å². The molecule has 20 heavy (non-hydrogen) atoms. The van der Waals surface area contributed by atoms with Crippen molar-refractivity contribution in [1.82, 2.24) is 4.90 Å². The molecule has 1 saturated heterocycles. The minimum absolute atomic E-state index is 0.0386. The number of carbonyl (C=O) groups is 1. The number of aliphatic carboxylic acids is 1. The first kappa shape index (κ1) is 15.3. The lowest BCUT2D eigenvalue weighted by atomic mass is 10.2. The summed E-state index contributed by atoms with van der Waals surface area (Å²) in [7, 11) is 0. The van der Waals surface area contributed by atoms with Gasteiger partial charge >= 0.3 is 5.97 Å². The van der Waals surface area contributed by atoms with Gasteiger partial charge in [-0.1, -0.05) is 12.1 Å². The fraction of sp³-hybridized carbons (Fsp3) is 0.500. The van der Waals surface area contributed by atoms with Gasteiger partial charge in [0.1, 0.15) is 5.82 Å². The number of hydrogen-bond donors (Lipinski definition) is 1. The zero-order valence-corrected chi connectivity index (χ0v) is 11.9. The molecule has 110 valence electrons. The second-order valence-corrected chi connectivity index (χ2v) is 5.81. The summed E-state index contributed by atoms with van der Waals surface area (Å²) in [6, 6.07) is 6.73. The summed E-state index contributed by atoms with van der Waals surface area (Å²) in [6.07, 6.45) is -0.198. The van der Waals surface area contributed by atoms with Gasteiger partial charge in [0.2, 0.25) is 0 Å². The van der Waals surface area contributed by atoms with Crippen LogP contribution in [-0.2, 0) is 9.53 Å². The molecule has 0 aliphatic carbocycles. The zero-order chi connectivity index (χ0) is 14.4. The highest BCUT2D eigenvalue weighted by atomic mass is 32.2. The van der Waals surface area contributed by atoms with Crippen LogP contribution in [-0.4, -0.2) is 54.1 Å². The van der Waals surface area contributed by atoms with E-state index in [2.05, 4.69) is 4.90 Å². The van der Waals surface area contributed by atoms with Crippen LogP contribution in [0.2, 0.25) is 0 Å². The van der Waals surface area contributed by atoms with Crippen molar-refractivity contribution in [3.05, 3.63) is 30.1 Å². The average molecular weight is 299 g/mol. The molecule has 0 radical (unpaired) electrons. The van der Waals surface area contributed by atoms with Crippen molar-refractivity contribution in [1.29, 1.82) is 0 Å². The molecule has 1 aliphatic heterocycles. The summed E-state index contributed by atoms with van der Waals surface area (Å²) in [6.45, 7) is 2.79. The molecule has 0 spiro atoms. The van der Waals surface area contributed by atoms with Crippen LogP contribution in [0.1, 0.15) is 6.42 Å². The van der Waals surface area contributed by atoms with Gasteiger partial charge in [0, 0.05) is 30.3 Å². The highest BCUT2D eigenvalue weighted by Crippen LogP contribution is 2.21. The van der Waals surface area contributed by atoms with Crippen LogP contribution in [0.3, 0.4) is 0 Å². The van der Waals surface area contributed by atoms with Gasteiger partial charge in [0.05, 0.1) is 19.1 Å². The maximum Gasteiger partial charge on any atom is 0.306 e. The smallest absolute Gasteiger partial charge is 0.306 e. The Balaban J connectivity index is 1.74. The highest BCUT2D eigenvalue weighted by molar-refractivity contribution is 7.99.